The van der Waals surface area contributed by atoms with Crippen LogP contribution in [-0.4, -0.2) is 0 Å². The van der Waals surface area contributed by atoms with Gasteiger partial charge >= 0.3 is 1.43 Å². The highest BCUT2D eigenvalue weighted by molar-refractivity contribution is 5.04. The van der Waals surface area contributed by atoms with Crippen LogP contribution in [0.3, 0.4) is 0 Å². The number of hydrogen-bond acceptors (Lipinski definition) is 0. The van der Waals surface area contributed by atoms with Crippen molar-refractivity contribution in [2.75, 3.05) is 0 Å². The Morgan fingerprint density at radius 1 is 0.895 bits per heavy atom. The van der Waals surface area contributed by atoms with E-state index in [2.05, 4.69) is 33.9 Å². The Morgan fingerprint density at radius 2 is 1.37 bits per heavy atom. The third-order valence-corrected chi connectivity index (χ3v) is 3.95. The van der Waals surface area contributed by atoms with Crippen molar-refractivity contribution in [2.24, 2.45) is 5.92 Å². The van der Waals surface area contributed by atoms with Gasteiger partial charge in [-0.15, -0.1) is 6.58 Å². The van der Waals surface area contributed by atoms with Crippen LogP contribution in [0.2, 0.25) is 0 Å². The first-order valence-electron chi connectivity index (χ1n) is 8.40. The molecule has 1 unspecified atom stereocenters. The monoisotopic (exact) mass is 266 g/mol. The first kappa shape index (κ1) is 18.5. The Labute approximate surface area is 123 Å². The Morgan fingerprint density at radius 3 is 1.84 bits per heavy atom. The van der Waals surface area contributed by atoms with E-state index < -0.39 is 0 Å². The maximum Gasteiger partial charge on any atom is 1.00 e. The summed E-state index contributed by atoms with van der Waals surface area (Å²) in [4.78, 5) is 0. The van der Waals surface area contributed by atoms with Gasteiger partial charge in [0.05, 0.1) is 0 Å². The van der Waals surface area contributed by atoms with E-state index in [0.717, 1.165) is 6.42 Å². The minimum Gasteiger partial charge on any atom is -0.100 e. The average molecular weight is 267 g/mol. The molecule has 0 aromatic rings. The average Bonchev–Trinajstić information content (AvgIpc) is 2.35. The molecule has 0 aromatic heterocycles. The molecule has 0 aliphatic carbocycles. The van der Waals surface area contributed by atoms with Gasteiger partial charge in [0, 0.05) is 0 Å². The normalized spacial score (nSPS) is 12.4. The first-order chi connectivity index (χ1) is 9.07. The molecule has 0 heterocycles. The number of hydrogen-bond donors (Lipinski definition) is 0. The summed E-state index contributed by atoms with van der Waals surface area (Å²) < 4.78 is 0. The second-order valence-electron chi connectivity index (χ2n) is 6.30. The molecule has 0 saturated heterocycles. The van der Waals surface area contributed by atoms with E-state index in [1.807, 2.05) is 0 Å². The number of allylic oxidation sites excluding steroid dienone is 2. The topological polar surface area (TPSA) is 0 Å². The van der Waals surface area contributed by atoms with Gasteiger partial charge < -0.3 is 0 Å². The molecule has 0 nitrogen and oxygen atoms in total. The number of unbranched alkanes of at least 4 members (excludes halogenated alkanes) is 8. The van der Waals surface area contributed by atoms with Crippen LogP contribution in [0.25, 0.3) is 0 Å². The van der Waals surface area contributed by atoms with Crippen molar-refractivity contribution in [3.8, 4) is 0 Å². The van der Waals surface area contributed by atoms with Gasteiger partial charge in [0.1, 0.15) is 0 Å². The van der Waals surface area contributed by atoms with Crippen molar-refractivity contribution in [1.82, 2.24) is 0 Å². The fraction of sp³-hybridized carbons (Fsp3) is 0.789. The fourth-order valence-corrected chi connectivity index (χ4v) is 2.58. The maximum absolute atomic E-state index is 4.23. The van der Waals surface area contributed by atoms with Crippen LogP contribution >= 0.6 is 0 Å². The van der Waals surface area contributed by atoms with Gasteiger partial charge in [-0.1, -0.05) is 82.9 Å². The molecule has 0 radical (unpaired) electrons. The Bertz CT molecular complexity index is 242. The minimum atomic E-state index is 0. The van der Waals surface area contributed by atoms with Gasteiger partial charge in [0.15, 0.2) is 0 Å². The molecular formula is C19H37+. The molecule has 0 aromatic carbocycles. The van der Waals surface area contributed by atoms with Crippen LogP contribution < -0.4 is 0 Å². The minimum absolute atomic E-state index is 0. The molecule has 0 bridgehead atoms. The Balaban J connectivity index is 0. The van der Waals surface area contributed by atoms with Crippen molar-refractivity contribution in [3.05, 3.63) is 24.3 Å². The molecule has 19 heavy (non-hydrogen) atoms. The molecule has 1 atom stereocenters. The predicted molar refractivity (Wildman–Crippen MR) is 90.7 cm³/mol. The van der Waals surface area contributed by atoms with Gasteiger partial charge in [0.25, 0.3) is 0 Å². The van der Waals surface area contributed by atoms with Crippen molar-refractivity contribution < 1.29 is 1.43 Å². The second kappa shape index (κ2) is 12.5. The quantitative estimate of drug-likeness (QED) is 0.245. The molecule has 0 N–H and O–H groups in total. The van der Waals surface area contributed by atoms with Gasteiger partial charge in [-0.05, 0) is 32.1 Å². The lowest BCUT2D eigenvalue weighted by Gasteiger charge is -2.14. The molecule has 0 aliphatic heterocycles. The van der Waals surface area contributed by atoms with Crippen LogP contribution in [0.5, 0.6) is 0 Å². The van der Waals surface area contributed by atoms with Crippen LogP contribution in [0, 0.1) is 5.92 Å². The van der Waals surface area contributed by atoms with E-state index >= 15 is 0 Å². The summed E-state index contributed by atoms with van der Waals surface area (Å²) in [5.41, 5.74) is 2.70. The lowest BCUT2D eigenvalue weighted by molar-refractivity contribution is 0.552. The van der Waals surface area contributed by atoms with Crippen LogP contribution in [-0.2, 0) is 0 Å². The van der Waals surface area contributed by atoms with E-state index in [9.17, 15) is 0 Å². The van der Waals surface area contributed by atoms with Crippen LogP contribution in [0.1, 0.15) is 92.8 Å². The van der Waals surface area contributed by atoms with E-state index in [-0.39, 0.29) is 1.43 Å². The zero-order valence-electron chi connectivity index (χ0n) is 14.8. The van der Waals surface area contributed by atoms with E-state index in [1.54, 1.807) is 0 Å². The maximum atomic E-state index is 4.23. The summed E-state index contributed by atoms with van der Waals surface area (Å²) in [7, 11) is 0. The lowest BCUT2D eigenvalue weighted by Crippen LogP contribution is -1.99. The van der Waals surface area contributed by atoms with Crippen molar-refractivity contribution in [3.63, 3.8) is 0 Å². The molecule has 0 spiro atoms. The highest BCUT2D eigenvalue weighted by Crippen LogP contribution is 2.22. The third-order valence-electron chi connectivity index (χ3n) is 3.95. The Kier molecular flexibility index (Phi) is 12.2. The molecular weight excluding hydrogens is 228 g/mol. The SMILES string of the molecule is C=C(C)CC(C)C(=C)CCCCCCCCCCC.[2H+]. The summed E-state index contributed by atoms with van der Waals surface area (Å²) in [6.07, 6.45) is 15.0. The van der Waals surface area contributed by atoms with Crippen LogP contribution in [0.4, 0.5) is 0 Å². The highest BCUT2D eigenvalue weighted by atomic mass is 14.1. The van der Waals surface area contributed by atoms with Gasteiger partial charge in [-0.3, -0.25) is 0 Å². The van der Waals surface area contributed by atoms with Gasteiger partial charge in [-0.2, -0.15) is 0 Å². The second-order valence-corrected chi connectivity index (χ2v) is 6.30. The molecule has 0 fully saturated rings. The molecule has 0 amide bonds. The standard InChI is InChI=1S/C19H36/c1-6-7-8-9-10-11-12-13-14-15-18(4)19(5)16-17(2)3/h19H,2,4,6-16H2,1,3,5H3/p+1/i/hD. The largest absolute Gasteiger partial charge is 1.00 e. The molecule has 0 aliphatic rings. The molecule has 112 valence electrons. The summed E-state index contributed by atoms with van der Waals surface area (Å²) in [6, 6.07) is 0. The highest BCUT2D eigenvalue weighted by Gasteiger charge is 2.06. The third kappa shape index (κ3) is 12.3. The van der Waals surface area contributed by atoms with Crippen molar-refractivity contribution >= 4 is 0 Å². The molecule has 0 heteroatoms. The Hall–Kier alpha value is -0.520. The van der Waals surface area contributed by atoms with Crippen molar-refractivity contribution in [2.45, 2.75) is 91.4 Å². The lowest BCUT2D eigenvalue weighted by atomic mass is 9.92. The van der Waals surface area contributed by atoms with Gasteiger partial charge in [0.2, 0.25) is 0 Å². The summed E-state index contributed by atoms with van der Waals surface area (Å²) in [5.74, 6) is 0.617. The predicted octanol–water partition coefficient (Wildman–Crippen LogP) is 7.18. The van der Waals surface area contributed by atoms with Crippen LogP contribution in [0.15, 0.2) is 24.3 Å². The summed E-state index contributed by atoms with van der Waals surface area (Å²) in [6.45, 7) is 14.9. The van der Waals surface area contributed by atoms with E-state index in [1.165, 1.54) is 75.4 Å². The van der Waals surface area contributed by atoms with E-state index in [4.69, 9.17) is 0 Å². The first-order valence-corrected chi connectivity index (χ1v) is 8.40. The smallest absolute Gasteiger partial charge is 0.100 e. The number of rotatable bonds is 13. The van der Waals surface area contributed by atoms with E-state index in [0.29, 0.717) is 5.92 Å². The van der Waals surface area contributed by atoms with Gasteiger partial charge in [-0.25, -0.2) is 0 Å². The zero-order valence-corrected chi connectivity index (χ0v) is 13.8. The molecule has 0 saturated carbocycles. The summed E-state index contributed by atoms with van der Waals surface area (Å²) in [5, 5.41) is 0. The summed E-state index contributed by atoms with van der Waals surface area (Å²) >= 11 is 0. The van der Waals surface area contributed by atoms with Crippen molar-refractivity contribution in [1.29, 1.82) is 0 Å². The fourth-order valence-electron chi connectivity index (χ4n) is 2.58. The molecule has 0 rings (SSSR count). The zero-order chi connectivity index (χ0) is 14.5.